The molecule has 0 saturated carbocycles. The second-order valence-corrected chi connectivity index (χ2v) is 4.35. The highest BCUT2D eigenvalue weighted by Gasteiger charge is 2.07. The second-order valence-electron chi connectivity index (χ2n) is 3.19. The van der Waals surface area contributed by atoms with Gasteiger partial charge in [0.15, 0.2) is 0 Å². The minimum absolute atomic E-state index is 0.948. The largest absolute Gasteiger partial charge is 0.495 e. The Morgan fingerprint density at radius 3 is 2.33 bits per heavy atom. The highest BCUT2D eigenvalue weighted by atomic mass is 127. The van der Waals surface area contributed by atoms with E-state index in [4.69, 9.17) is 4.74 Å². The summed E-state index contributed by atoms with van der Waals surface area (Å²) in [5.41, 5.74) is 2.33. The lowest BCUT2D eigenvalue weighted by Gasteiger charge is -2.10. The Labute approximate surface area is 103 Å². The highest BCUT2D eigenvalue weighted by molar-refractivity contribution is 14.1. The molecule has 0 unspecified atom stereocenters. The molecule has 76 valence electrons. The molecule has 2 aromatic rings. The predicted octanol–water partition coefficient (Wildman–Crippen LogP) is 3.97. The average Bonchev–Trinajstić information content (AvgIpc) is 2.30. The van der Waals surface area contributed by atoms with Crippen LogP contribution in [0.3, 0.4) is 0 Å². The van der Waals surface area contributed by atoms with Gasteiger partial charge in [0.25, 0.3) is 0 Å². The summed E-state index contributed by atoms with van der Waals surface area (Å²) in [6, 6.07) is 16.4. The van der Waals surface area contributed by atoms with Crippen molar-refractivity contribution in [3.63, 3.8) is 0 Å². The number of para-hydroxylation sites is 1. The van der Waals surface area contributed by atoms with Crippen LogP contribution in [0.25, 0.3) is 11.1 Å². The number of hydrogen-bond donors (Lipinski definition) is 0. The van der Waals surface area contributed by atoms with E-state index in [1.165, 1.54) is 5.56 Å². The van der Waals surface area contributed by atoms with E-state index in [2.05, 4.69) is 40.8 Å². The van der Waals surface area contributed by atoms with E-state index in [-0.39, 0.29) is 0 Å². The van der Waals surface area contributed by atoms with Crippen molar-refractivity contribution in [2.45, 2.75) is 0 Å². The molecule has 0 aliphatic heterocycles. The summed E-state index contributed by atoms with van der Waals surface area (Å²) in [4.78, 5) is 0. The predicted molar refractivity (Wildman–Crippen MR) is 71.1 cm³/mol. The van der Waals surface area contributed by atoms with Crippen LogP contribution < -0.4 is 4.74 Å². The standard InChI is InChI=1S/C13H11IO/c1-15-13-11(8-5-9-12(13)14)10-6-3-2-4-7-10/h2-9H,1H3. The molecule has 0 amide bonds. The molecule has 0 bridgehead atoms. The van der Waals surface area contributed by atoms with E-state index in [0.717, 1.165) is 14.9 Å². The summed E-state index contributed by atoms with van der Waals surface area (Å²) in [6.45, 7) is 0. The fourth-order valence-electron chi connectivity index (χ4n) is 1.56. The number of halogens is 1. The molecule has 0 radical (unpaired) electrons. The van der Waals surface area contributed by atoms with Crippen molar-refractivity contribution < 1.29 is 4.74 Å². The van der Waals surface area contributed by atoms with Crippen molar-refractivity contribution in [2.24, 2.45) is 0 Å². The van der Waals surface area contributed by atoms with Gasteiger partial charge in [0.1, 0.15) is 5.75 Å². The average molecular weight is 310 g/mol. The monoisotopic (exact) mass is 310 g/mol. The minimum Gasteiger partial charge on any atom is -0.495 e. The molecule has 0 heterocycles. The first-order chi connectivity index (χ1) is 7.33. The third-order valence-corrected chi connectivity index (χ3v) is 3.11. The fraction of sp³-hybridized carbons (Fsp3) is 0.0769. The number of methoxy groups -OCH3 is 1. The first-order valence-electron chi connectivity index (χ1n) is 4.71. The maximum absolute atomic E-state index is 5.42. The van der Waals surface area contributed by atoms with Crippen molar-refractivity contribution >= 4 is 22.6 Å². The van der Waals surface area contributed by atoms with Crippen LogP contribution in [0.15, 0.2) is 48.5 Å². The topological polar surface area (TPSA) is 9.23 Å². The molecular formula is C13H11IO. The van der Waals surface area contributed by atoms with Gasteiger partial charge in [-0.15, -0.1) is 0 Å². The van der Waals surface area contributed by atoms with Crippen LogP contribution in [0.1, 0.15) is 0 Å². The van der Waals surface area contributed by atoms with E-state index in [9.17, 15) is 0 Å². The molecule has 2 heteroatoms. The lowest BCUT2D eigenvalue weighted by Crippen LogP contribution is -1.90. The Morgan fingerprint density at radius 2 is 1.67 bits per heavy atom. The van der Waals surface area contributed by atoms with Crippen LogP contribution >= 0.6 is 22.6 Å². The molecule has 0 saturated heterocycles. The van der Waals surface area contributed by atoms with Crippen molar-refractivity contribution in [2.75, 3.05) is 7.11 Å². The normalized spacial score (nSPS) is 10.0. The summed E-state index contributed by atoms with van der Waals surface area (Å²) < 4.78 is 6.56. The molecule has 1 nitrogen and oxygen atoms in total. The Morgan fingerprint density at radius 1 is 0.933 bits per heavy atom. The fourth-order valence-corrected chi connectivity index (χ4v) is 2.28. The molecule has 0 fully saturated rings. The van der Waals surface area contributed by atoms with Gasteiger partial charge in [-0.05, 0) is 34.2 Å². The Balaban J connectivity index is 2.58. The van der Waals surface area contributed by atoms with Gasteiger partial charge < -0.3 is 4.74 Å². The molecule has 0 atom stereocenters. The third-order valence-electron chi connectivity index (χ3n) is 2.26. The van der Waals surface area contributed by atoms with Gasteiger partial charge in [0, 0.05) is 5.56 Å². The molecule has 0 aromatic heterocycles. The van der Waals surface area contributed by atoms with Gasteiger partial charge in [-0.1, -0.05) is 42.5 Å². The van der Waals surface area contributed by atoms with Gasteiger partial charge in [0.05, 0.1) is 10.7 Å². The summed E-state index contributed by atoms with van der Waals surface area (Å²) in [5, 5.41) is 0. The lowest BCUT2D eigenvalue weighted by atomic mass is 10.1. The molecule has 0 aliphatic carbocycles. The molecule has 2 aromatic carbocycles. The maximum Gasteiger partial charge on any atom is 0.139 e. The van der Waals surface area contributed by atoms with Crippen LogP contribution in [0.2, 0.25) is 0 Å². The Kier molecular flexibility index (Phi) is 3.26. The van der Waals surface area contributed by atoms with Gasteiger partial charge in [-0.25, -0.2) is 0 Å². The van der Waals surface area contributed by atoms with E-state index >= 15 is 0 Å². The SMILES string of the molecule is COc1c(I)cccc1-c1ccccc1. The summed E-state index contributed by atoms with van der Waals surface area (Å²) >= 11 is 2.29. The van der Waals surface area contributed by atoms with Gasteiger partial charge >= 0.3 is 0 Å². The van der Waals surface area contributed by atoms with Crippen LogP contribution in [0.5, 0.6) is 5.75 Å². The highest BCUT2D eigenvalue weighted by Crippen LogP contribution is 2.33. The van der Waals surface area contributed by atoms with Crippen LogP contribution in [-0.4, -0.2) is 7.11 Å². The smallest absolute Gasteiger partial charge is 0.139 e. The summed E-state index contributed by atoms with van der Waals surface area (Å²) in [5.74, 6) is 0.948. The quantitative estimate of drug-likeness (QED) is 0.763. The van der Waals surface area contributed by atoms with Crippen molar-refractivity contribution in [3.8, 4) is 16.9 Å². The van der Waals surface area contributed by atoms with E-state index in [1.54, 1.807) is 7.11 Å². The summed E-state index contributed by atoms with van der Waals surface area (Å²) in [6.07, 6.45) is 0. The van der Waals surface area contributed by atoms with Crippen molar-refractivity contribution in [1.29, 1.82) is 0 Å². The van der Waals surface area contributed by atoms with E-state index in [0.29, 0.717) is 0 Å². The zero-order chi connectivity index (χ0) is 10.7. The van der Waals surface area contributed by atoms with Crippen LogP contribution in [0, 0.1) is 3.57 Å². The number of rotatable bonds is 2. The van der Waals surface area contributed by atoms with E-state index in [1.807, 2.05) is 30.3 Å². The summed E-state index contributed by atoms with van der Waals surface area (Å²) in [7, 11) is 1.71. The van der Waals surface area contributed by atoms with E-state index < -0.39 is 0 Å². The molecule has 0 N–H and O–H groups in total. The zero-order valence-electron chi connectivity index (χ0n) is 8.41. The van der Waals surface area contributed by atoms with Gasteiger partial charge in [-0.3, -0.25) is 0 Å². The molecule has 0 spiro atoms. The van der Waals surface area contributed by atoms with Crippen molar-refractivity contribution in [1.82, 2.24) is 0 Å². The Bertz CT molecular complexity index is 451. The lowest BCUT2D eigenvalue weighted by molar-refractivity contribution is 0.413. The van der Waals surface area contributed by atoms with Crippen molar-refractivity contribution in [3.05, 3.63) is 52.1 Å². The van der Waals surface area contributed by atoms with Crippen LogP contribution in [0.4, 0.5) is 0 Å². The van der Waals surface area contributed by atoms with Gasteiger partial charge in [0.2, 0.25) is 0 Å². The zero-order valence-corrected chi connectivity index (χ0v) is 10.6. The number of hydrogen-bond acceptors (Lipinski definition) is 1. The first-order valence-corrected chi connectivity index (χ1v) is 5.78. The second kappa shape index (κ2) is 4.66. The third kappa shape index (κ3) is 2.15. The molecule has 0 aliphatic rings. The number of benzene rings is 2. The number of ether oxygens (including phenoxy) is 1. The van der Waals surface area contributed by atoms with Gasteiger partial charge in [-0.2, -0.15) is 0 Å². The van der Waals surface area contributed by atoms with Crippen LogP contribution in [-0.2, 0) is 0 Å². The molecular weight excluding hydrogens is 299 g/mol. The molecule has 2 rings (SSSR count). The minimum atomic E-state index is 0.948. The Hall–Kier alpha value is -1.03. The molecule has 15 heavy (non-hydrogen) atoms. The maximum atomic E-state index is 5.42. The first kappa shape index (κ1) is 10.5.